The highest BCUT2D eigenvalue weighted by Gasteiger charge is 2.37. The van der Waals surface area contributed by atoms with Crippen LogP contribution in [0.4, 0.5) is 13.2 Å². The number of alkyl halides is 3. The molecule has 86 valence electrons. The highest BCUT2D eigenvalue weighted by Crippen LogP contribution is 2.40. The highest BCUT2D eigenvalue weighted by molar-refractivity contribution is 14.1. The van der Waals surface area contributed by atoms with Gasteiger partial charge in [-0.2, -0.15) is 13.2 Å². The van der Waals surface area contributed by atoms with Crippen molar-refractivity contribution in [2.75, 3.05) is 0 Å². The van der Waals surface area contributed by atoms with E-state index in [1.54, 1.807) is 22.6 Å². The minimum atomic E-state index is -4.40. The largest absolute Gasteiger partial charge is 0.417 e. The van der Waals surface area contributed by atoms with Crippen LogP contribution in [0.1, 0.15) is 11.1 Å². The number of hydrogen-bond acceptors (Lipinski definition) is 3. The summed E-state index contributed by atoms with van der Waals surface area (Å²) < 4.78 is 43.4. The SMILES string of the molecule is Cc1c(C(F)(F)F)c(I)c2nonc2c1I. The van der Waals surface area contributed by atoms with Gasteiger partial charge >= 0.3 is 6.18 Å². The van der Waals surface area contributed by atoms with Gasteiger partial charge in [0.2, 0.25) is 0 Å². The van der Waals surface area contributed by atoms with Crippen molar-refractivity contribution in [1.82, 2.24) is 10.3 Å². The fourth-order valence-electron chi connectivity index (χ4n) is 1.38. The Bertz CT molecular complexity index is 564. The normalized spacial score (nSPS) is 12.4. The summed E-state index contributed by atoms with van der Waals surface area (Å²) in [7, 11) is 0. The van der Waals surface area contributed by atoms with E-state index in [0.29, 0.717) is 9.09 Å². The summed E-state index contributed by atoms with van der Waals surface area (Å²) in [4.78, 5) is 0. The fraction of sp³-hybridized carbons (Fsp3) is 0.250. The van der Waals surface area contributed by atoms with Crippen LogP contribution in [0.15, 0.2) is 4.63 Å². The van der Waals surface area contributed by atoms with Crippen LogP contribution in [0.2, 0.25) is 0 Å². The summed E-state index contributed by atoms with van der Waals surface area (Å²) in [6.45, 7) is 1.42. The summed E-state index contributed by atoms with van der Waals surface area (Å²) in [5, 5.41) is 7.09. The Kier molecular flexibility index (Phi) is 3.05. The van der Waals surface area contributed by atoms with Crippen LogP contribution in [0, 0.1) is 14.1 Å². The molecule has 1 aromatic heterocycles. The Morgan fingerprint density at radius 1 is 1.06 bits per heavy atom. The van der Waals surface area contributed by atoms with E-state index in [-0.39, 0.29) is 14.7 Å². The number of nitrogens with zero attached hydrogens (tertiary/aromatic N) is 2. The molecule has 0 atom stereocenters. The first-order valence-electron chi connectivity index (χ1n) is 4.01. The smallest absolute Gasteiger partial charge is 0.243 e. The summed E-state index contributed by atoms with van der Waals surface area (Å²) in [5.74, 6) is 0. The molecule has 0 aliphatic heterocycles. The van der Waals surface area contributed by atoms with Gasteiger partial charge in [-0.1, -0.05) is 0 Å². The Morgan fingerprint density at radius 3 is 2.06 bits per heavy atom. The second kappa shape index (κ2) is 3.96. The monoisotopic (exact) mass is 454 g/mol. The van der Waals surface area contributed by atoms with Crippen molar-refractivity contribution in [3.05, 3.63) is 18.3 Å². The maximum atomic E-state index is 12.8. The van der Waals surface area contributed by atoms with Gasteiger partial charge in [-0.15, -0.1) is 0 Å². The lowest BCUT2D eigenvalue weighted by molar-refractivity contribution is -0.138. The molecule has 1 heterocycles. The molecule has 0 radical (unpaired) electrons. The van der Waals surface area contributed by atoms with Gasteiger partial charge in [0, 0.05) is 3.57 Å². The number of rotatable bonds is 0. The number of fused-ring (bicyclic) bond motifs is 1. The van der Waals surface area contributed by atoms with E-state index >= 15 is 0 Å². The lowest BCUT2D eigenvalue weighted by atomic mass is 10.1. The van der Waals surface area contributed by atoms with Crippen LogP contribution in [0.25, 0.3) is 11.0 Å². The van der Waals surface area contributed by atoms with Crippen molar-refractivity contribution in [3.63, 3.8) is 0 Å². The third kappa shape index (κ3) is 1.79. The summed E-state index contributed by atoms with van der Waals surface area (Å²) in [6, 6.07) is 0. The molecule has 0 aliphatic carbocycles. The molecule has 2 rings (SSSR count). The van der Waals surface area contributed by atoms with E-state index in [1.807, 2.05) is 22.6 Å². The third-order valence-corrected chi connectivity index (χ3v) is 4.48. The minimum absolute atomic E-state index is 0.0271. The molecule has 8 heteroatoms. The van der Waals surface area contributed by atoms with Gasteiger partial charge < -0.3 is 0 Å². The molecular weight excluding hydrogens is 451 g/mol. The van der Waals surface area contributed by atoms with E-state index in [2.05, 4.69) is 14.9 Å². The predicted octanol–water partition coefficient (Wildman–Crippen LogP) is 3.76. The molecule has 0 amide bonds. The molecule has 1 aromatic carbocycles. The number of benzene rings is 1. The quantitative estimate of drug-likeness (QED) is 0.570. The van der Waals surface area contributed by atoms with Gasteiger partial charge in [0.05, 0.1) is 9.13 Å². The van der Waals surface area contributed by atoms with Gasteiger partial charge in [0.25, 0.3) is 0 Å². The van der Waals surface area contributed by atoms with Gasteiger partial charge in [-0.25, -0.2) is 4.63 Å². The van der Waals surface area contributed by atoms with E-state index in [1.165, 1.54) is 6.92 Å². The average Bonchev–Trinajstić information content (AvgIpc) is 2.61. The van der Waals surface area contributed by atoms with Crippen molar-refractivity contribution in [1.29, 1.82) is 0 Å². The van der Waals surface area contributed by atoms with Crippen LogP contribution in [0.3, 0.4) is 0 Å². The number of halogens is 5. The van der Waals surface area contributed by atoms with Crippen molar-refractivity contribution in [2.45, 2.75) is 13.1 Å². The predicted molar refractivity (Wildman–Crippen MR) is 67.0 cm³/mol. The zero-order valence-corrected chi connectivity index (χ0v) is 12.0. The van der Waals surface area contributed by atoms with E-state index in [9.17, 15) is 13.2 Å². The van der Waals surface area contributed by atoms with E-state index in [0.717, 1.165) is 0 Å². The zero-order chi connectivity index (χ0) is 12.1. The first kappa shape index (κ1) is 12.3. The molecule has 0 unspecified atom stereocenters. The molecule has 0 spiro atoms. The van der Waals surface area contributed by atoms with Crippen molar-refractivity contribution >= 4 is 56.2 Å². The van der Waals surface area contributed by atoms with Crippen molar-refractivity contribution in [3.8, 4) is 0 Å². The maximum Gasteiger partial charge on any atom is 0.417 e. The highest BCUT2D eigenvalue weighted by atomic mass is 127. The van der Waals surface area contributed by atoms with Crippen LogP contribution < -0.4 is 0 Å². The Balaban J connectivity index is 2.94. The third-order valence-electron chi connectivity index (χ3n) is 2.11. The number of hydrogen-bond donors (Lipinski definition) is 0. The topological polar surface area (TPSA) is 38.9 Å². The standard InChI is InChI=1S/C8H3F3I2N2O/c1-2-3(8(9,10)11)5(13)7-6(4(2)12)14-16-15-7/h1H3. The lowest BCUT2D eigenvalue weighted by Crippen LogP contribution is -2.12. The average molecular weight is 454 g/mol. The molecule has 2 aromatic rings. The first-order chi connectivity index (χ1) is 7.34. The molecule has 0 fully saturated rings. The van der Waals surface area contributed by atoms with Gasteiger partial charge in [0.15, 0.2) is 0 Å². The van der Waals surface area contributed by atoms with Crippen LogP contribution in [-0.4, -0.2) is 10.3 Å². The van der Waals surface area contributed by atoms with Gasteiger partial charge in [-0.3, -0.25) is 0 Å². The molecule has 3 nitrogen and oxygen atoms in total. The summed E-state index contributed by atoms with van der Waals surface area (Å²) in [6.07, 6.45) is -4.40. The lowest BCUT2D eigenvalue weighted by Gasteiger charge is -2.13. The maximum absolute atomic E-state index is 12.8. The van der Waals surface area contributed by atoms with Gasteiger partial charge in [0.1, 0.15) is 11.0 Å². The van der Waals surface area contributed by atoms with Crippen LogP contribution in [0.5, 0.6) is 0 Å². The molecule has 0 saturated heterocycles. The zero-order valence-electron chi connectivity index (χ0n) is 7.69. The van der Waals surface area contributed by atoms with Crippen molar-refractivity contribution < 1.29 is 17.8 Å². The molecule has 0 bridgehead atoms. The molecule has 0 N–H and O–H groups in total. The fourth-order valence-corrected chi connectivity index (χ4v) is 3.07. The summed E-state index contributed by atoms with van der Waals surface area (Å²) >= 11 is 3.43. The first-order valence-corrected chi connectivity index (χ1v) is 6.16. The Labute approximate surface area is 115 Å². The van der Waals surface area contributed by atoms with E-state index in [4.69, 9.17) is 0 Å². The second-order valence-electron chi connectivity index (χ2n) is 3.09. The van der Waals surface area contributed by atoms with Crippen LogP contribution >= 0.6 is 45.2 Å². The Morgan fingerprint density at radius 2 is 1.56 bits per heavy atom. The minimum Gasteiger partial charge on any atom is -0.243 e. The van der Waals surface area contributed by atoms with E-state index < -0.39 is 11.7 Å². The molecule has 0 aliphatic rings. The second-order valence-corrected chi connectivity index (χ2v) is 5.24. The van der Waals surface area contributed by atoms with Gasteiger partial charge in [-0.05, 0) is 68.0 Å². The summed E-state index contributed by atoms with van der Waals surface area (Å²) in [5.41, 5.74) is 0.0137. The molecule has 0 saturated carbocycles. The Hall–Kier alpha value is -0.130. The van der Waals surface area contributed by atoms with Crippen LogP contribution in [-0.2, 0) is 6.18 Å². The molecular formula is C8H3F3I2N2O. The number of aromatic nitrogens is 2. The molecule has 16 heavy (non-hydrogen) atoms. The van der Waals surface area contributed by atoms with Crippen molar-refractivity contribution in [2.24, 2.45) is 0 Å².